The van der Waals surface area contributed by atoms with Gasteiger partial charge in [0.1, 0.15) is 0 Å². The van der Waals surface area contributed by atoms with E-state index in [1.54, 1.807) is 12.4 Å². The van der Waals surface area contributed by atoms with Crippen molar-refractivity contribution in [1.29, 1.82) is 0 Å². The van der Waals surface area contributed by atoms with Gasteiger partial charge in [0.15, 0.2) is 17.0 Å². The van der Waals surface area contributed by atoms with E-state index in [1.165, 1.54) is 5.56 Å². The third kappa shape index (κ3) is 3.70. The van der Waals surface area contributed by atoms with Crippen molar-refractivity contribution in [3.63, 3.8) is 0 Å². The van der Waals surface area contributed by atoms with E-state index in [9.17, 15) is 0 Å². The maximum Gasteiger partial charge on any atom is 0.226 e. The maximum atomic E-state index is 8.87. The van der Waals surface area contributed by atoms with Gasteiger partial charge in [0, 0.05) is 31.2 Å². The third-order valence-electron chi connectivity index (χ3n) is 3.27. The normalized spacial score (nSPS) is 10.7. The molecule has 2 heterocycles. The number of nitrogens with one attached hydrogen (secondary N) is 2. The zero-order chi connectivity index (χ0) is 16.1. The molecule has 0 spiro atoms. The van der Waals surface area contributed by atoms with Crippen LogP contribution in [0, 0.1) is 6.92 Å². The van der Waals surface area contributed by atoms with Crippen LogP contribution < -0.4 is 10.6 Å². The van der Waals surface area contributed by atoms with Crippen molar-refractivity contribution in [2.75, 3.05) is 23.8 Å². The van der Waals surface area contributed by atoms with Crippen molar-refractivity contribution in [1.82, 2.24) is 19.9 Å². The van der Waals surface area contributed by atoms with Gasteiger partial charge in [-0.1, -0.05) is 17.7 Å². The average Bonchev–Trinajstić information content (AvgIpc) is 2.57. The summed E-state index contributed by atoms with van der Waals surface area (Å²) in [5.41, 5.74) is 3.24. The molecule has 0 fully saturated rings. The van der Waals surface area contributed by atoms with Crippen LogP contribution >= 0.6 is 0 Å². The molecule has 0 atom stereocenters. The predicted molar refractivity (Wildman–Crippen MR) is 89.8 cm³/mol. The molecule has 7 heteroatoms. The lowest BCUT2D eigenvalue weighted by molar-refractivity contribution is 0.292. The highest BCUT2D eigenvalue weighted by Gasteiger charge is 2.10. The van der Waals surface area contributed by atoms with Crippen LogP contribution in [-0.4, -0.2) is 38.2 Å². The van der Waals surface area contributed by atoms with E-state index in [2.05, 4.69) is 30.6 Å². The van der Waals surface area contributed by atoms with Crippen LogP contribution in [0.15, 0.2) is 36.7 Å². The predicted octanol–water partition coefficient (Wildman–Crippen LogP) is 2.27. The van der Waals surface area contributed by atoms with E-state index in [0.29, 0.717) is 35.9 Å². The first-order valence-electron chi connectivity index (χ1n) is 7.43. The Labute approximate surface area is 133 Å². The van der Waals surface area contributed by atoms with Gasteiger partial charge in [-0.05, 0) is 25.5 Å². The Morgan fingerprint density at radius 2 is 1.83 bits per heavy atom. The molecule has 0 aliphatic heterocycles. The number of aryl methyl sites for hydroxylation is 1. The standard InChI is InChI=1S/C16H18N6O/c1-11-3-5-12(6-4-11)20-15-13-14(18-9-8-17-13)21-16(22-15)19-7-2-10-23/h3-6,8-9,23H,2,7,10H2,1H3,(H2,18,19,20,21,22). The monoisotopic (exact) mass is 310 g/mol. The zero-order valence-corrected chi connectivity index (χ0v) is 12.8. The summed E-state index contributed by atoms with van der Waals surface area (Å²) in [5, 5.41) is 15.2. The zero-order valence-electron chi connectivity index (χ0n) is 12.8. The Morgan fingerprint density at radius 3 is 2.61 bits per heavy atom. The van der Waals surface area contributed by atoms with Crippen LogP contribution in [0.3, 0.4) is 0 Å². The Hall–Kier alpha value is -2.80. The molecule has 0 radical (unpaired) electrons. The highest BCUT2D eigenvalue weighted by Crippen LogP contribution is 2.22. The minimum atomic E-state index is 0.120. The molecule has 7 nitrogen and oxygen atoms in total. The summed E-state index contributed by atoms with van der Waals surface area (Å²) in [4.78, 5) is 17.4. The molecular formula is C16H18N6O. The fraction of sp³-hybridized carbons (Fsp3) is 0.250. The summed E-state index contributed by atoms with van der Waals surface area (Å²) in [6.07, 6.45) is 3.84. The first-order valence-corrected chi connectivity index (χ1v) is 7.43. The lowest BCUT2D eigenvalue weighted by atomic mass is 10.2. The van der Waals surface area contributed by atoms with Gasteiger partial charge in [0.05, 0.1) is 0 Å². The van der Waals surface area contributed by atoms with Crippen LogP contribution in [0.5, 0.6) is 0 Å². The van der Waals surface area contributed by atoms with Gasteiger partial charge in [-0.3, -0.25) is 0 Å². The molecule has 23 heavy (non-hydrogen) atoms. The largest absolute Gasteiger partial charge is 0.396 e. The molecular weight excluding hydrogens is 292 g/mol. The van der Waals surface area contributed by atoms with Gasteiger partial charge in [-0.15, -0.1) is 0 Å². The summed E-state index contributed by atoms with van der Waals surface area (Å²) >= 11 is 0. The topological polar surface area (TPSA) is 95.9 Å². The minimum Gasteiger partial charge on any atom is -0.396 e. The van der Waals surface area contributed by atoms with Gasteiger partial charge in [0.25, 0.3) is 0 Å². The second-order valence-electron chi connectivity index (χ2n) is 5.12. The van der Waals surface area contributed by atoms with Gasteiger partial charge in [-0.2, -0.15) is 9.97 Å². The lowest BCUT2D eigenvalue weighted by Gasteiger charge is -2.10. The van der Waals surface area contributed by atoms with Crippen molar-refractivity contribution in [2.45, 2.75) is 13.3 Å². The molecule has 3 rings (SSSR count). The summed E-state index contributed by atoms with van der Waals surface area (Å²) in [6, 6.07) is 8.02. The number of hydrogen-bond acceptors (Lipinski definition) is 7. The van der Waals surface area contributed by atoms with Gasteiger partial charge < -0.3 is 15.7 Å². The molecule has 2 aromatic heterocycles. The number of anilines is 3. The number of nitrogens with zero attached hydrogens (tertiary/aromatic N) is 4. The Balaban J connectivity index is 1.94. The average molecular weight is 310 g/mol. The van der Waals surface area contributed by atoms with Crippen LogP contribution in [0.1, 0.15) is 12.0 Å². The van der Waals surface area contributed by atoms with Crippen molar-refractivity contribution in [3.05, 3.63) is 42.2 Å². The van der Waals surface area contributed by atoms with E-state index in [1.807, 2.05) is 31.2 Å². The van der Waals surface area contributed by atoms with E-state index in [-0.39, 0.29) is 6.61 Å². The van der Waals surface area contributed by atoms with Crippen LogP contribution in [0.25, 0.3) is 11.2 Å². The molecule has 3 N–H and O–H groups in total. The summed E-state index contributed by atoms with van der Waals surface area (Å²) in [6.45, 7) is 2.75. The number of aromatic nitrogens is 4. The molecule has 0 aliphatic rings. The number of aliphatic hydroxyl groups is 1. The van der Waals surface area contributed by atoms with Crippen LogP contribution in [0.2, 0.25) is 0 Å². The van der Waals surface area contributed by atoms with Gasteiger partial charge in [0.2, 0.25) is 5.95 Å². The quantitative estimate of drug-likeness (QED) is 0.601. The van der Waals surface area contributed by atoms with E-state index >= 15 is 0 Å². The van der Waals surface area contributed by atoms with Crippen LogP contribution in [-0.2, 0) is 0 Å². The van der Waals surface area contributed by atoms with Crippen molar-refractivity contribution >= 4 is 28.6 Å². The summed E-state index contributed by atoms with van der Waals surface area (Å²) in [5.74, 6) is 1.06. The maximum absolute atomic E-state index is 8.87. The Kier molecular flexibility index (Phi) is 4.58. The number of rotatable bonds is 6. The summed E-state index contributed by atoms with van der Waals surface area (Å²) < 4.78 is 0. The molecule has 0 bridgehead atoms. The number of hydrogen-bond donors (Lipinski definition) is 3. The number of fused-ring (bicyclic) bond motifs is 1. The van der Waals surface area contributed by atoms with Crippen molar-refractivity contribution in [2.24, 2.45) is 0 Å². The van der Waals surface area contributed by atoms with E-state index in [0.717, 1.165) is 5.69 Å². The van der Waals surface area contributed by atoms with E-state index in [4.69, 9.17) is 5.11 Å². The Morgan fingerprint density at radius 1 is 1.04 bits per heavy atom. The first-order chi connectivity index (χ1) is 11.3. The lowest BCUT2D eigenvalue weighted by Crippen LogP contribution is -2.09. The summed E-state index contributed by atoms with van der Waals surface area (Å²) in [7, 11) is 0. The smallest absolute Gasteiger partial charge is 0.226 e. The van der Waals surface area contributed by atoms with Crippen molar-refractivity contribution in [3.8, 4) is 0 Å². The fourth-order valence-electron chi connectivity index (χ4n) is 2.08. The number of aliphatic hydroxyl groups excluding tert-OH is 1. The molecule has 0 saturated heterocycles. The molecule has 0 amide bonds. The third-order valence-corrected chi connectivity index (χ3v) is 3.27. The first kappa shape index (κ1) is 15.1. The molecule has 0 unspecified atom stereocenters. The molecule has 1 aromatic carbocycles. The second-order valence-corrected chi connectivity index (χ2v) is 5.12. The Bertz CT molecular complexity index is 790. The minimum absolute atomic E-state index is 0.120. The van der Waals surface area contributed by atoms with E-state index < -0.39 is 0 Å². The molecule has 118 valence electrons. The molecule has 3 aromatic rings. The highest BCUT2D eigenvalue weighted by atomic mass is 16.3. The van der Waals surface area contributed by atoms with Gasteiger partial charge >= 0.3 is 0 Å². The molecule has 0 aliphatic carbocycles. The second kappa shape index (κ2) is 6.97. The number of benzene rings is 1. The highest BCUT2D eigenvalue weighted by molar-refractivity contribution is 5.85. The fourth-order valence-corrected chi connectivity index (χ4v) is 2.08. The molecule has 0 saturated carbocycles. The SMILES string of the molecule is Cc1ccc(Nc2nc(NCCCO)nc3nccnc23)cc1. The van der Waals surface area contributed by atoms with Crippen molar-refractivity contribution < 1.29 is 5.11 Å². The van der Waals surface area contributed by atoms with Crippen LogP contribution in [0.4, 0.5) is 17.5 Å². The van der Waals surface area contributed by atoms with Gasteiger partial charge in [-0.25, -0.2) is 9.97 Å².